The molecular weight excluding hydrogens is 402 g/mol. The molecule has 0 fully saturated rings. The molecule has 1 aliphatic rings. The minimum absolute atomic E-state index is 0.128. The van der Waals surface area contributed by atoms with E-state index in [4.69, 9.17) is 11.6 Å². The van der Waals surface area contributed by atoms with E-state index >= 15 is 0 Å². The van der Waals surface area contributed by atoms with Crippen LogP contribution in [0.5, 0.6) is 0 Å². The van der Waals surface area contributed by atoms with Gasteiger partial charge in [-0.1, -0.05) is 67.9 Å². The molecule has 1 unspecified atom stereocenters. The van der Waals surface area contributed by atoms with Crippen molar-refractivity contribution in [3.05, 3.63) is 75.3 Å². The van der Waals surface area contributed by atoms with Gasteiger partial charge in [0.25, 0.3) is 0 Å². The van der Waals surface area contributed by atoms with E-state index < -0.39 is 29.2 Å². The summed E-state index contributed by atoms with van der Waals surface area (Å²) >= 11 is 6.23. The van der Waals surface area contributed by atoms with Gasteiger partial charge >= 0.3 is 0 Å². The minimum atomic E-state index is -1.48. The Bertz CT molecular complexity index is 1110. The highest BCUT2D eigenvalue weighted by atomic mass is 35.5. The normalized spacial score (nSPS) is 14.6. The highest BCUT2D eigenvalue weighted by Gasteiger charge is 2.40. The maximum Gasteiger partial charge on any atom is 0.239 e. The second-order valence-corrected chi connectivity index (χ2v) is 8.04. The van der Waals surface area contributed by atoms with Gasteiger partial charge < -0.3 is 5.32 Å². The number of aryl methyl sites for hydroxylation is 1. The number of benzene rings is 2. The molecule has 2 aromatic carbocycles. The molecule has 3 rings (SSSR count). The number of halogens is 1. The first-order valence-electron chi connectivity index (χ1n) is 9.64. The summed E-state index contributed by atoms with van der Waals surface area (Å²) in [5.41, 5.74) is 2.36. The van der Waals surface area contributed by atoms with Gasteiger partial charge in [-0.05, 0) is 30.9 Å². The maximum atomic E-state index is 13.2. The molecule has 0 aliphatic heterocycles. The van der Waals surface area contributed by atoms with E-state index in [1.165, 1.54) is 19.1 Å². The molecule has 0 heterocycles. The van der Waals surface area contributed by atoms with E-state index in [0.29, 0.717) is 5.69 Å². The van der Waals surface area contributed by atoms with Gasteiger partial charge in [0.15, 0.2) is 5.78 Å². The number of nitrogens with one attached hydrogen (secondary N) is 1. The number of hydrogen-bond acceptors (Lipinski definition) is 4. The van der Waals surface area contributed by atoms with Crippen molar-refractivity contribution in [2.24, 2.45) is 5.92 Å². The van der Waals surface area contributed by atoms with Crippen molar-refractivity contribution < 1.29 is 19.2 Å². The van der Waals surface area contributed by atoms with Crippen LogP contribution in [-0.4, -0.2) is 23.3 Å². The molecule has 1 N–H and O–H groups in total. The fraction of sp³-hybridized carbons (Fsp3) is 0.250. The quantitative estimate of drug-likeness (QED) is 0.698. The van der Waals surface area contributed by atoms with Crippen LogP contribution in [0.4, 0.5) is 5.69 Å². The van der Waals surface area contributed by atoms with Gasteiger partial charge in [0.05, 0.1) is 5.03 Å². The zero-order valence-electron chi connectivity index (χ0n) is 17.2. The predicted octanol–water partition coefficient (Wildman–Crippen LogP) is 4.83. The molecule has 6 heteroatoms. The summed E-state index contributed by atoms with van der Waals surface area (Å²) < 4.78 is 0. The summed E-state index contributed by atoms with van der Waals surface area (Å²) in [6, 6.07) is 11.9. The molecule has 1 atom stereocenters. The SMILES string of the molecule is CC(=O)C(C(=O)Nc1c(C)cccc1C(C)C)C1=C(Cl)C(=O)c2ccccc2C1=O. The first kappa shape index (κ1) is 21.7. The van der Waals surface area contributed by atoms with E-state index in [-0.39, 0.29) is 27.7 Å². The number of carbonyl (C=O) groups excluding carboxylic acids is 4. The van der Waals surface area contributed by atoms with Crippen molar-refractivity contribution in [2.45, 2.75) is 33.6 Å². The molecule has 0 aromatic heterocycles. The largest absolute Gasteiger partial charge is 0.325 e. The topological polar surface area (TPSA) is 80.3 Å². The Balaban J connectivity index is 2.07. The third-order valence-electron chi connectivity index (χ3n) is 5.23. The summed E-state index contributed by atoms with van der Waals surface area (Å²) in [5, 5.41) is 2.42. The van der Waals surface area contributed by atoms with Crippen LogP contribution in [0.25, 0.3) is 0 Å². The molecule has 5 nitrogen and oxygen atoms in total. The van der Waals surface area contributed by atoms with Crippen LogP contribution in [0, 0.1) is 12.8 Å². The van der Waals surface area contributed by atoms with Crippen molar-refractivity contribution in [3.8, 4) is 0 Å². The minimum Gasteiger partial charge on any atom is -0.325 e. The second kappa shape index (κ2) is 8.36. The lowest BCUT2D eigenvalue weighted by Crippen LogP contribution is -2.36. The highest BCUT2D eigenvalue weighted by molar-refractivity contribution is 6.50. The number of para-hydroxylation sites is 1. The number of amides is 1. The van der Waals surface area contributed by atoms with Crippen LogP contribution in [0.15, 0.2) is 53.1 Å². The van der Waals surface area contributed by atoms with Crippen LogP contribution >= 0.6 is 11.6 Å². The molecule has 30 heavy (non-hydrogen) atoms. The number of anilines is 1. The van der Waals surface area contributed by atoms with Gasteiger partial charge in [0.2, 0.25) is 11.7 Å². The molecule has 0 bridgehead atoms. The molecular formula is C24H22ClNO4. The molecule has 1 aliphatic carbocycles. The van der Waals surface area contributed by atoms with Gasteiger partial charge in [-0.15, -0.1) is 0 Å². The summed E-state index contributed by atoms with van der Waals surface area (Å²) in [4.78, 5) is 51.5. The fourth-order valence-corrected chi connectivity index (χ4v) is 3.98. The monoisotopic (exact) mass is 423 g/mol. The van der Waals surface area contributed by atoms with Crippen LogP contribution < -0.4 is 5.32 Å². The molecule has 0 saturated carbocycles. The Kier molecular flexibility index (Phi) is 6.04. The van der Waals surface area contributed by atoms with E-state index in [9.17, 15) is 19.2 Å². The number of ketones is 3. The third kappa shape index (κ3) is 3.73. The van der Waals surface area contributed by atoms with Crippen LogP contribution in [-0.2, 0) is 9.59 Å². The smallest absolute Gasteiger partial charge is 0.239 e. The Morgan fingerprint density at radius 1 is 0.933 bits per heavy atom. The zero-order valence-corrected chi connectivity index (χ0v) is 18.0. The maximum absolute atomic E-state index is 13.2. The lowest BCUT2D eigenvalue weighted by molar-refractivity contribution is -0.128. The first-order chi connectivity index (χ1) is 14.1. The zero-order chi connectivity index (χ0) is 22.2. The number of hydrogen-bond donors (Lipinski definition) is 1. The van der Waals surface area contributed by atoms with Crippen LogP contribution in [0.2, 0.25) is 0 Å². The average molecular weight is 424 g/mol. The summed E-state index contributed by atoms with van der Waals surface area (Å²) in [5.74, 6) is -3.77. The molecule has 0 radical (unpaired) electrons. The molecule has 0 spiro atoms. The third-order valence-corrected chi connectivity index (χ3v) is 5.60. The van der Waals surface area contributed by atoms with E-state index in [1.807, 2.05) is 39.0 Å². The molecule has 2 aromatic rings. The molecule has 1 amide bonds. The van der Waals surface area contributed by atoms with E-state index in [0.717, 1.165) is 11.1 Å². The molecule has 0 saturated heterocycles. The van der Waals surface area contributed by atoms with Gasteiger partial charge in [0.1, 0.15) is 11.7 Å². The standard InChI is InChI=1S/C24H22ClNO4/c1-12(2)15-11-7-8-13(3)21(15)26-24(30)18(14(4)27)19-20(25)23(29)17-10-6-5-9-16(17)22(19)28/h5-12,18H,1-4H3,(H,26,30). The summed E-state index contributed by atoms with van der Waals surface area (Å²) in [6.07, 6.45) is 0. The van der Waals surface area contributed by atoms with E-state index in [1.54, 1.807) is 12.1 Å². The number of allylic oxidation sites excluding steroid dienone is 1. The summed E-state index contributed by atoms with van der Waals surface area (Å²) in [6.45, 7) is 7.04. The Labute approximate surface area is 180 Å². The highest BCUT2D eigenvalue weighted by Crippen LogP contribution is 2.34. The predicted molar refractivity (Wildman–Crippen MR) is 116 cm³/mol. The number of Topliss-reactive ketones (excluding diaryl/α,β-unsaturated/α-hetero) is 3. The number of carbonyl (C=O) groups is 4. The van der Waals surface area contributed by atoms with Crippen molar-refractivity contribution >= 4 is 40.5 Å². The van der Waals surface area contributed by atoms with Gasteiger partial charge in [0, 0.05) is 22.4 Å². The van der Waals surface area contributed by atoms with Crippen molar-refractivity contribution in [2.75, 3.05) is 5.32 Å². The summed E-state index contributed by atoms with van der Waals surface area (Å²) in [7, 11) is 0. The first-order valence-corrected chi connectivity index (χ1v) is 10.0. The van der Waals surface area contributed by atoms with Gasteiger partial charge in [-0.3, -0.25) is 19.2 Å². The second-order valence-electron chi connectivity index (χ2n) is 7.66. The molecule has 154 valence electrons. The van der Waals surface area contributed by atoms with Crippen molar-refractivity contribution in [1.29, 1.82) is 0 Å². The lowest BCUT2D eigenvalue weighted by Gasteiger charge is -2.24. The Morgan fingerprint density at radius 3 is 2.10 bits per heavy atom. The van der Waals surface area contributed by atoms with Gasteiger partial charge in [-0.2, -0.15) is 0 Å². The van der Waals surface area contributed by atoms with Crippen LogP contribution in [0.3, 0.4) is 0 Å². The van der Waals surface area contributed by atoms with E-state index in [2.05, 4.69) is 5.32 Å². The number of fused-ring (bicyclic) bond motifs is 1. The average Bonchev–Trinajstić information content (AvgIpc) is 2.70. The van der Waals surface area contributed by atoms with Crippen LogP contribution in [0.1, 0.15) is 58.5 Å². The van der Waals surface area contributed by atoms with Crippen molar-refractivity contribution in [3.63, 3.8) is 0 Å². The number of rotatable bonds is 5. The van der Waals surface area contributed by atoms with Gasteiger partial charge in [-0.25, -0.2) is 0 Å². The Hall–Kier alpha value is -3.05. The Morgan fingerprint density at radius 2 is 1.53 bits per heavy atom. The lowest BCUT2D eigenvalue weighted by atomic mass is 9.81. The fourth-order valence-electron chi connectivity index (χ4n) is 3.68. The van der Waals surface area contributed by atoms with Crippen molar-refractivity contribution in [1.82, 2.24) is 0 Å².